The summed E-state index contributed by atoms with van der Waals surface area (Å²) < 4.78 is 0. The minimum absolute atomic E-state index is 0.250. The molecule has 0 bridgehead atoms. The van der Waals surface area contributed by atoms with Crippen molar-refractivity contribution in [3.63, 3.8) is 0 Å². The van der Waals surface area contributed by atoms with Gasteiger partial charge in [0, 0.05) is 71.2 Å². The molecule has 3 fully saturated rings. The molecule has 0 aliphatic carbocycles. The van der Waals surface area contributed by atoms with E-state index in [1.807, 2.05) is 11.9 Å². The lowest BCUT2D eigenvalue weighted by atomic mass is 9.73. The van der Waals surface area contributed by atoms with E-state index in [4.69, 9.17) is 19.8 Å². The minimum Gasteiger partial charge on any atom is -0.483 e. The number of piperazine rings is 1. The first-order valence-corrected chi connectivity index (χ1v) is 12.8. The molecule has 0 saturated carbocycles. The summed E-state index contributed by atoms with van der Waals surface area (Å²) >= 11 is 0. The number of rotatable bonds is 4. The summed E-state index contributed by atoms with van der Waals surface area (Å²) in [5, 5.41) is 13.8. The third-order valence-corrected chi connectivity index (χ3v) is 7.76. The maximum Gasteiger partial charge on any atom is 0.290 e. The fourth-order valence-electron chi connectivity index (χ4n) is 5.84. The average molecular weight is 505 g/mol. The highest BCUT2D eigenvalue weighted by Gasteiger charge is 2.40. The molecule has 2 N–H and O–H groups in total. The number of benzene rings is 1. The Hall–Kier alpha value is -2.49. The van der Waals surface area contributed by atoms with Crippen molar-refractivity contribution in [3.05, 3.63) is 34.4 Å². The van der Waals surface area contributed by atoms with Gasteiger partial charge in [0.25, 0.3) is 12.9 Å². The lowest BCUT2D eigenvalue weighted by Crippen LogP contribution is -2.52. The first-order chi connectivity index (χ1) is 17.2. The van der Waals surface area contributed by atoms with Crippen LogP contribution >= 0.6 is 0 Å². The quantitative estimate of drug-likeness (QED) is 0.602. The Labute approximate surface area is 215 Å². The van der Waals surface area contributed by atoms with Crippen LogP contribution in [0.5, 0.6) is 0 Å². The van der Waals surface area contributed by atoms with Gasteiger partial charge in [-0.05, 0) is 63.4 Å². The topological polar surface area (TPSA) is 105 Å². The van der Waals surface area contributed by atoms with Crippen molar-refractivity contribution in [2.45, 2.75) is 52.6 Å². The van der Waals surface area contributed by atoms with Gasteiger partial charge in [-0.2, -0.15) is 0 Å². The zero-order chi connectivity index (χ0) is 26.7. The number of amides is 1. The van der Waals surface area contributed by atoms with Crippen molar-refractivity contribution in [1.29, 1.82) is 0 Å². The first-order valence-electron chi connectivity index (χ1n) is 12.8. The van der Waals surface area contributed by atoms with Gasteiger partial charge >= 0.3 is 0 Å². The van der Waals surface area contributed by atoms with Gasteiger partial charge in [0.2, 0.25) is 5.91 Å². The number of hydrogen-bond donors (Lipinski definition) is 2. The van der Waals surface area contributed by atoms with Gasteiger partial charge in [0.15, 0.2) is 0 Å². The monoisotopic (exact) mass is 504 g/mol. The Bertz CT molecular complexity index is 866. The lowest BCUT2D eigenvalue weighted by molar-refractivity contribution is -0.137. The molecule has 0 aromatic heterocycles. The third-order valence-electron chi connectivity index (χ3n) is 7.76. The maximum atomic E-state index is 12.0. The number of carbonyl (C=O) groups excluding carboxylic acids is 1. The second-order valence-corrected chi connectivity index (χ2v) is 10.6. The zero-order valence-corrected chi connectivity index (χ0v) is 22.4. The van der Waals surface area contributed by atoms with Crippen molar-refractivity contribution in [2.75, 3.05) is 59.9 Å². The van der Waals surface area contributed by atoms with Crippen molar-refractivity contribution >= 4 is 18.9 Å². The molecule has 1 spiro atoms. The summed E-state index contributed by atoms with van der Waals surface area (Å²) in [5.41, 5.74) is 6.17. The van der Waals surface area contributed by atoms with Crippen LogP contribution in [0.15, 0.2) is 12.1 Å². The van der Waals surface area contributed by atoms with E-state index in [9.17, 15) is 4.79 Å². The minimum atomic E-state index is -0.250. The van der Waals surface area contributed by atoms with Gasteiger partial charge in [0.1, 0.15) is 0 Å². The normalized spacial score (nSPS) is 23.3. The number of carbonyl (C=O) groups is 3. The Morgan fingerprint density at radius 1 is 0.861 bits per heavy atom. The van der Waals surface area contributed by atoms with E-state index in [1.54, 1.807) is 0 Å². The Morgan fingerprint density at radius 3 is 1.97 bits per heavy atom. The first kappa shape index (κ1) is 29.7. The van der Waals surface area contributed by atoms with Crippen LogP contribution in [-0.2, 0) is 27.5 Å². The van der Waals surface area contributed by atoms with Crippen LogP contribution in [0, 0.1) is 19.3 Å². The molecular weight excluding hydrogens is 460 g/mol. The van der Waals surface area contributed by atoms with Gasteiger partial charge in [-0.25, -0.2) is 0 Å². The number of aryl methyl sites for hydroxylation is 1. The van der Waals surface area contributed by atoms with Gasteiger partial charge in [-0.15, -0.1) is 0 Å². The number of hydrogen-bond acceptors (Lipinski definition) is 6. The zero-order valence-electron chi connectivity index (χ0n) is 22.4. The largest absolute Gasteiger partial charge is 0.483 e. The predicted molar refractivity (Wildman–Crippen MR) is 140 cm³/mol. The fraction of sp³-hybridized carbons (Fsp3) is 0.667. The van der Waals surface area contributed by atoms with E-state index < -0.39 is 0 Å². The molecule has 4 rings (SSSR count). The van der Waals surface area contributed by atoms with Crippen LogP contribution < -0.4 is 0 Å². The number of likely N-dealkylation sites (tertiary alicyclic amines) is 2. The summed E-state index contributed by atoms with van der Waals surface area (Å²) in [6.45, 7) is 14.1. The van der Waals surface area contributed by atoms with E-state index in [-0.39, 0.29) is 12.9 Å². The predicted octanol–water partition coefficient (Wildman–Crippen LogP) is 2.29. The Morgan fingerprint density at radius 2 is 1.42 bits per heavy atom. The van der Waals surface area contributed by atoms with Crippen LogP contribution in [0.4, 0.5) is 0 Å². The summed E-state index contributed by atoms with van der Waals surface area (Å²) in [6, 6.07) is 4.80. The highest BCUT2D eigenvalue weighted by molar-refractivity contribution is 5.76. The van der Waals surface area contributed by atoms with E-state index in [2.05, 4.69) is 47.7 Å². The second kappa shape index (κ2) is 14.3. The van der Waals surface area contributed by atoms with E-state index in [0.717, 1.165) is 39.0 Å². The molecule has 9 heteroatoms. The van der Waals surface area contributed by atoms with Gasteiger partial charge in [-0.1, -0.05) is 17.7 Å². The standard InChI is InChI=1S/C25H40N4O.2CH2O2/c1-20-14-22(16-28-12-10-26(3)11-13-28)21(2)23(15-20)17-29-9-5-7-25(19-29)8-6-24(30)27(4)18-25;2*2-1-3/h14-15H,5-13,16-19H2,1-4H3;2*1H,(H,2,3). The molecule has 3 aliphatic heterocycles. The van der Waals surface area contributed by atoms with Crippen LogP contribution in [0.3, 0.4) is 0 Å². The molecule has 1 aromatic rings. The second-order valence-electron chi connectivity index (χ2n) is 10.6. The number of piperidine rings is 2. The fourth-order valence-corrected chi connectivity index (χ4v) is 5.84. The molecule has 3 saturated heterocycles. The highest BCUT2D eigenvalue weighted by Crippen LogP contribution is 2.39. The summed E-state index contributed by atoms with van der Waals surface area (Å²) in [7, 11) is 4.20. The molecule has 3 heterocycles. The Balaban J connectivity index is 0.000000693. The molecule has 9 nitrogen and oxygen atoms in total. The highest BCUT2D eigenvalue weighted by atomic mass is 16.3. The van der Waals surface area contributed by atoms with E-state index in [1.165, 1.54) is 67.8 Å². The third kappa shape index (κ3) is 8.57. The lowest BCUT2D eigenvalue weighted by Gasteiger charge is -2.47. The molecule has 36 heavy (non-hydrogen) atoms. The summed E-state index contributed by atoms with van der Waals surface area (Å²) in [5.74, 6) is 0.320. The van der Waals surface area contributed by atoms with Gasteiger partial charge in [-0.3, -0.25) is 24.2 Å². The summed E-state index contributed by atoms with van der Waals surface area (Å²) in [4.78, 5) is 38.4. The van der Waals surface area contributed by atoms with Gasteiger partial charge < -0.3 is 20.0 Å². The van der Waals surface area contributed by atoms with Crippen molar-refractivity contribution < 1.29 is 24.6 Å². The molecule has 3 aliphatic rings. The van der Waals surface area contributed by atoms with Gasteiger partial charge in [0.05, 0.1) is 0 Å². The molecule has 1 amide bonds. The number of carboxylic acid groups (broad SMARTS) is 2. The van der Waals surface area contributed by atoms with Crippen LogP contribution in [0.1, 0.15) is 47.9 Å². The number of likely N-dealkylation sites (N-methyl/N-ethyl adjacent to an activating group) is 1. The molecule has 1 atom stereocenters. The molecular formula is C27H44N4O5. The molecule has 202 valence electrons. The SMILES string of the molecule is Cc1cc(CN2CCN(C)CC2)c(C)c(CN2CCCC3(CCC(=O)N(C)C3)C2)c1.O=CO.O=CO. The Kier molecular flexibility index (Phi) is 11.8. The van der Waals surface area contributed by atoms with Crippen LogP contribution in [0.25, 0.3) is 0 Å². The molecule has 0 radical (unpaired) electrons. The molecule has 1 aromatic carbocycles. The maximum absolute atomic E-state index is 12.0. The van der Waals surface area contributed by atoms with Crippen LogP contribution in [0.2, 0.25) is 0 Å². The van der Waals surface area contributed by atoms with Crippen molar-refractivity contribution in [3.8, 4) is 0 Å². The summed E-state index contributed by atoms with van der Waals surface area (Å²) in [6.07, 6.45) is 4.31. The van der Waals surface area contributed by atoms with Crippen molar-refractivity contribution in [1.82, 2.24) is 19.6 Å². The van der Waals surface area contributed by atoms with Crippen LogP contribution in [-0.4, -0.2) is 109 Å². The van der Waals surface area contributed by atoms with E-state index >= 15 is 0 Å². The smallest absolute Gasteiger partial charge is 0.290 e. The number of nitrogens with zero attached hydrogens (tertiary/aromatic N) is 4. The molecule has 1 unspecified atom stereocenters. The average Bonchev–Trinajstić information content (AvgIpc) is 2.82. The van der Waals surface area contributed by atoms with Crippen molar-refractivity contribution in [2.24, 2.45) is 5.41 Å². The van der Waals surface area contributed by atoms with E-state index in [0.29, 0.717) is 11.3 Å².